The van der Waals surface area contributed by atoms with Crippen molar-refractivity contribution in [3.63, 3.8) is 0 Å². The summed E-state index contributed by atoms with van der Waals surface area (Å²) < 4.78 is 74.2. The first-order valence-electron chi connectivity index (χ1n) is 11.6. The Balaban J connectivity index is 1.47. The van der Waals surface area contributed by atoms with Gasteiger partial charge in [-0.3, -0.25) is 0 Å². The topological polar surface area (TPSA) is 18.5 Å². The molecule has 2 aromatic rings. The molecule has 3 rings (SSSR count). The molecule has 1 fully saturated rings. The van der Waals surface area contributed by atoms with Crippen molar-refractivity contribution in [1.82, 2.24) is 0 Å². The second-order valence-corrected chi connectivity index (χ2v) is 8.79. The molecule has 0 bridgehead atoms. The summed E-state index contributed by atoms with van der Waals surface area (Å²) in [5, 5.41) is 0. The molecule has 0 aliphatic heterocycles. The third-order valence-corrected chi connectivity index (χ3v) is 6.36. The van der Waals surface area contributed by atoms with E-state index in [0.717, 1.165) is 36.5 Å². The van der Waals surface area contributed by atoms with Gasteiger partial charge in [0.05, 0.1) is 12.2 Å². The summed E-state index contributed by atoms with van der Waals surface area (Å²) in [6, 6.07) is 11.5. The lowest BCUT2D eigenvalue weighted by Gasteiger charge is -2.29. The minimum atomic E-state index is -4.77. The molecule has 1 aliphatic carbocycles. The maximum Gasteiger partial charge on any atom is 0.573 e. The van der Waals surface area contributed by atoms with Gasteiger partial charge in [-0.15, -0.1) is 13.2 Å². The van der Waals surface area contributed by atoms with Crippen LogP contribution in [0.15, 0.2) is 48.5 Å². The highest BCUT2D eigenvalue weighted by Gasteiger charge is 2.33. The molecule has 0 unspecified atom stereocenters. The molecule has 0 radical (unpaired) electrons. The molecular weight excluding hydrogens is 439 g/mol. The normalized spacial score (nSPS) is 19.5. The summed E-state index contributed by atoms with van der Waals surface area (Å²) >= 11 is 0. The van der Waals surface area contributed by atoms with Crippen molar-refractivity contribution in [2.75, 3.05) is 6.61 Å². The van der Waals surface area contributed by atoms with Gasteiger partial charge in [0.25, 0.3) is 0 Å². The Hall–Kier alpha value is -2.15. The number of alkyl halides is 5. The van der Waals surface area contributed by atoms with E-state index in [0.29, 0.717) is 11.5 Å². The Morgan fingerprint density at radius 1 is 0.848 bits per heavy atom. The number of rotatable bonds is 10. The Morgan fingerprint density at radius 2 is 1.48 bits per heavy atom. The Kier molecular flexibility index (Phi) is 8.74. The van der Waals surface area contributed by atoms with E-state index in [4.69, 9.17) is 4.74 Å². The van der Waals surface area contributed by atoms with Gasteiger partial charge in [-0.25, -0.2) is 0 Å². The molecule has 33 heavy (non-hydrogen) atoms. The fraction of sp³-hybridized carbons (Fsp3) is 0.538. The van der Waals surface area contributed by atoms with E-state index in [9.17, 15) is 22.0 Å². The molecule has 1 saturated carbocycles. The zero-order valence-electron chi connectivity index (χ0n) is 18.8. The van der Waals surface area contributed by atoms with Crippen molar-refractivity contribution < 1.29 is 31.4 Å². The van der Waals surface area contributed by atoms with Gasteiger partial charge in [-0.2, -0.15) is 8.78 Å². The van der Waals surface area contributed by atoms with Crippen LogP contribution in [0.25, 0.3) is 0 Å². The van der Waals surface area contributed by atoms with E-state index in [2.05, 4.69) is 11.7 Å². The summed E-state index contributed by atoms with van der Waals surface area (Å²) in [7, 11) is 0. The van der Waals surface area contributed by atoms with Gasteiger partial charge in [-0.1, -0.05) is 62.6 Å². The van der Waals surface area contributed by atoms with Crippen molar-refractivity contribution >= 4 is 0 Å². The van der Waals surface area contributed by atoms with E-state index in [1.165, 1.54) is 56.4 Å². The number of hydrogen-bond donors (Lipinski definition) is 0. The van der Waals surface area contributed by atoms with Gasteiger partial charge in [0, 0.05) is 0 Å². The summed E-state index contributed by atoms with van der Waals surface area (Å²) in [5.74, 6) is 0.870. The second kappa shape index (κ2) is 11.3. The lowest BCUT2D eigenvalue weighted by atomic mass is 9.77. The van der Waals surface area contributed by atoms with Crippen LogP contribution < -0.4 is 4.74 Å². The first-order chi connectivity index (χ1) is 15.7. The van der Waals surface area contributed by atoms with Crippen LogP contribution >= 0.6 is 0 Å². The van der Waals surface area contributed by atoms with E-state index in [1.54, 1.807) is 12.1 Å². The Bertz CT molecular complexity index is 838. The van der Waals surface area contributed by atoms with E-state index < -0.39 is 12.5 Å². The molecule has 0 aromatic heterocycles. The number of ether oxygens (including phenoxy) is 2. The fourth-order valence-corrected chi connectivity index (χ4v) is 4.46. The predicted octanol–water partition coefficient (Wildman–Crippen LogP) is 8.36. The largest absolute Gasteiger partial charge is 0.573 e. The van der Waals surface area contributed by atoms with Crippen molar-refractivity contribution in [3.05, 3.63) is 65.2 Å². The SMILES string of the molecule is CCCC[C@H]1CC[C@H](c2ccc(C(F)(F)OCCc3ccc(OC(F)(F)F)cc3)cc2)CC1. The van der Waals surface area contributed by atoms with Crippen LogP contribution in [0.5, 0.6) is 5.75 Å². The number of benzene rings is 2. The number of unbranched alkanes of at least 4 members (excludes halogenated alkanes) is 1. The summed E-state index contributed by atoms with van der Waals surface area (Å²) in [5.41, 5.74) is 1.48. The monoisotopic (exact) mass is 470 g/mol. The number of hydrogen-bond acceptors (Lipinski definition) is 2. The maximum atomic E-state index is 14.5. The third-order valence-electron chi connectivity index (χ3n) is 6.36. The second-order valence-electron chi connectivity index (χ2n) is 8.79. The van der Waals surface area contributed by atoms with Crippen LogP contribution in [0.1, 0.15) is 74.5 Å². The minimum absolute atomic E-state index is 0.140. The molecule has 2 aromatic carbocycles. The summed E-state index contributed by atoms with van der Waals surface area (Å²) in [6.45, 7) is 1.94. The number of halogens is 5. The van der Waals surface area contributed by atoms with Crippen molar-refractivity contribution in [2.45, 2.75) is 76.7 Å². The van der Waals surface area contributed by atoms with Crippen molar-refractivity contribution in [3.8, 4) is 5.75 Å². The quantitative estimate of drug-likeness (QED) is 0.325. The minimum Gasteiger partial charge on any atom is -0.406 e. The maximum absolute atomic E-state index is 14.5. The van der Waals surface area contributed by atoms with Crippen molar-refractivity contribution in [2.24, 2.45) is 5.92 Å². The first kappa shape index (κ1) is 25.5. The average molecular weight is 471 g/mol. The summed E-state index contributed by atoms with van der Waals surface area (Å²) in [6.07, 6.45) is 0.340. The Labute approximate surface area is 192 Å². The van der Waals surface area contributed by atoms with Gasteiger partial charge in [0.2, 0.25) is 0 Å². The van der Waals surface area contributed by atoms with Crippen LogP contribution in [0.3, 0.4) is 0 Å². The zero-order chi connectivity index (χ0) is 23.9. The molecule has 0 N–H and O–H groups in total. The molecule has 0 atom stereocenters. The zero-order valence-corrected chi connectivity index (χ0v) is 18.8. The molecule has 0 heterocycles. The van der Waals surface area contributed by atoms with Gasteiger partial charge >= 0.3 is 12.5 Å². The third kappa shape index (κ3) is 7.98. The lowest BCUT2D eigenvalue weighted by Crippen LogP contribution is -2.20. The van der Waals surface area contributed by atoms with Crippen molar-refractivity contribution in [1.29, 1.82) is 0 Å². The smallest absolute Gasteiger partial charge is 0.406 e. The molecule has 0 amide bonds. The predicted molar refractivity (Wildman–Crippen MR) is 117 cm³/mol. The molecular formula is C26H31F5O2. The van der Waals surface area contributed by atoms with Crippen LogP contribution in [-0.2, 0) is 17.3 Å². The fourth-order valence-electron chi connectivity index (χ4n) is 4.46. The highest BCUT2D eigenvalue weighted by Crippen LogP contribution is 2.39. The Morgan fingerprint density at radius 3 is 2.06 bits per heavy atom. The van der Waals surface area contributed by atoms with Crippen LogP contribution in [0, 0.1) is 5.92 Å². The first-order valence-corrected chi connectivity index (χ1v) is 11.6. The van der Waals surface area contributed by atoms with Crippen LogP contribution in [0.4, 0.5) is 22.0 Å². The van der Waals surface area contributed by atoms with E-state index in [-0.39, 0.29) is 24.3 Å². The molecule has 0 spiro atoms. The van der Waals surface area contributed by atoms with Crippen LogP contribution in [0.2, 0.25) is 0 Å². The van der Waals surface area contributed by atoms with E-state index >= 15 is 0 Å². The van der Waals surface area contributed by atoms with Gasteiger partial charge in [-0.05, 0) is 67.2 Å². The average Bonchev–Trinajstić information content (AvgIpc) is 2.78. The summed E-state index contributed by atoms with van der Waals surface area (Å²) in [4.78, 5) is 0. The van der Waals surface area contributed by atoms with E-state index in [1.807, 2.05) is 0 Å². The molecule has 7 heteroatoms. The highest BCUT2D eigenvalue weighted by molar-refractivity contribution is 5.28. The van der Waals surface area contributed by atoms with Gasteiger partial charge in [0.15, 0.2) is 0 Å². The molecule has 1 aliphatic rings. The van der Waals surface area contributed by atoms with Gasteiger partial charge < -0.3 is 9.47 Å². The van der Waals surface area contributed by atoms with Gasteiger partial charge in [0.1, 0.15) is 5.75 Å². The molecule has 2 nitrogen and oxygen atoms in total. The molecule has 182 valence electrons. The lowest BCUT2D eigenvalue weighted by molar-refractivity contribution is -0.274. The molecule has 0 saturated heterocycles. The van der Waals surface area contributed by atoms with Crippen LogP contribution in [-0.4, -0.2) is 13.0 Å². The standard InChI is InChI=1S/C26H31F5O2/c1-2-3-4-19-5-9-21(10-6-19)22-11-13-23(14-12-22)25(27,28)32-18-17-20-7-15-24(16-8-20)33-26(29,30)31/h7-8,11-16,19,21H,2-6,9-10,17-18H2,1H3/t19-,21-. The highest BCUT2D eigenvalue weighted by atomic mass is 19.4.